The quantitative estimate of drug-likeness (QED) is 0.879. The van der Waals surface area contributed by atoms with Crippen molar-refractivity contribution in [2.75, 3.05) is 0 Å². The van der Waals surface area contributed by atoms with Crippen molar-refractivity contribution in [3.05, 3.63) is 35.8 Å². The number of rotatable bonds is 3. The van der Waals surface area contributed by atoms with Gasteiger partial charge >= 0.3 is 5.97 Å². The van der Waals surface area contributed by atoms with Crippen LogP contribution in [0.4, 0.5) is 4.39 Å². The summed E-state index contributed by atoms with van der Waals surface area (Å²) in [4.78, 5) is 11.0. The van der Waals surface area contributed by atoms with E-state index in [-0.39, 0.29) is 6.04 Å². The van der Waals surface area contributed by atoms with Gasteiger partial charge in [0, 0.05) is 28.7 Å². The molecule has 0 amide bonds. The van der Waals surface area contributed by atoms with Crippen LogP contribution in [0.25, 0.3) is 10.9 Å². The van der Waals surface area contributed by atoms with E-state index < -0.39 is 17.8 Å². The third-order valence-corrected chi connectivity index (χ3v) is 2.98. The molecule has 1 heterocycles. The number of fused-ring (bicyclic) bond motifs is 1. The van der Waals surface area contributed by atoms with E-state index in [2.05, 4.69) is 0 Å². The molecule has 0 aliphatic heterocycles. The minimum atomic E-state index is -1.14. The van der Waals surface area contributed by atoms with Gasteiger partial charge in [0.2, 0.25) is 0 Å². The molecule has 1 aromatic heterocycles. The second kappa shape index (κ2) is 4.42. The van der Waals surface area contributed by atoms with Gasteiger partial charge in [-0.05, 0) is 32.0 Å². The van der Waals surface area contributed by atoms with Crippen LogP contribution in [-0.2, 0) is 4.79 Å². The van der Waals surface area contributed by atoms with Gasteiger partial charge in [0.25, 0.3) is 0 Å². The Balaban J connectivity index is 2.73. The predicted octanol–water partition coefficient (Wildman–Crippen LogP) is 2.45. The van der Waals surface area contributed by atoms with Gasteiger partial charge in [0.05, 0.1) is 0 Å². The SMILES string of the molecule is CC(C)n1cc(C(N)C(=O)O)c2cc(F)ccc21. The number of carboxylic acid groups (broad SMARTS) is 1. The zero-order valence-electron chi connectivity index (χ0n) is 10.2. The molecular formula is C13H15FN2O2. The van der Waals surface area contributed by atoms with Crippen LogP contribution in [-0.4, -0.2) is 15.6 Å². The fourth-order valence-electron chi connectivity index (χ4n) is 2.06. The van der Waals surface area contributed by atoms with Crippen LogP contribution >= 0.6 is 0 Å². The highest BCUT2D eigenvalue weighted by Crippen LogP contribution is 2.29. The Morgan fingerprint density at radius 1 is 1.44 bits per heavy atom. The Morgan fingerprint density at radius 3 is 2.67 bits per heavy atom. The molecular weight excluding hydrogens is 235 g/mol. The predicted molar refractivity (Wildman–Crippen MR) is 66.8 cm³/mol. The fourth-order valence-corrected chi connectivity index (χ4v) is 2.06. The molecule has 0 bridgehead atoms. The lowest BCUT2D eigenvalue weighted by Crippen LogP contribution is -2.20. The highest BCUT2D eigenvalue weighted by Gasteiger charge is 2.21. The van der Waals surface area contributed by atoms with Crippen molar-refractivity contribution in [3.8, 4) is 0 Å². The first-order valence-corrected chi connectivity index (χ1v) is 5.70. The number of aliphatic carboxylic acids is 1. The van der Waals surface area contributed by atoms with Crippen molar-refractivity contribution in [2.24, 2.45) is 5.73 Å². The Morgan fingerprint density at radius 2 is 2.11 bits per heavy atom. The third-order valence-electron chi connectivity index (χ3n) is 2.98. The molecule has 1 unspecified atom stereocenters. The number of nitrogens with zero attached hydrogens (tertiary/aromatic N) is 1. The maximum absolute atomic E-state index is 13.3. The highest BCUT2D eigenvalue weighted by molar-refractivity contribution is 5.89. The first kappa shape index (κ1) is 12.6. The molecule has 0 aliphatic rings. The molecule has 0 saturated heterocycles. The Hall–Kier alpha value is -1.88. The average molecular weight is 250 g/mol. The van der Waals surface area contributed by atoms with E-state index in [1.807, 2.05) is 18.4 Å². The normalized spacial score (nSPS) is 13.2. The van der Waals surface area contributed by atoms with Crippen LogP contribution in [0.1, 0.15) is 31.5 Å². The standard InChI is InChI=1S/C13H15FN2O2/c1-7(2)16-6-10(12(15)13(17)18)9-5-8(14)3-4-11(9)16/h3-7,12H,15H2,1-2H3,(H,17,18). The van der Waals surface area contributed by atoms with Gasteiger partial charge in [0.1, 0.15) is 11.9 Å². The Labute approximate surface area is 104 Å². The van der Waals surface area contributed by atoms with E-state index in [0.29, 0.717) is 10.9 Å². The number of hydrogen-bond donors (Lipinski definition) is 2. The van der Waals surface area contributed by atoms with Crippen molar-refractivity contribution in [2.45, 2.75) is 25.9 Å². The molecule has 5 heteroatoms. The molecule has 0 fully saturated rings. The number of halogens is 1. The number of carboxylic acids is 1. The number of nitrogens with two attached hydrogens (primary N) is 1. The molecule has 1 atom stereocenters. The largest absolute Gasteiger partial charge is 0.480 e. The number of hydrogen-bond acceptors (Lipinski definition) is 2. The van der Waals surface area contributed by atoms with Crippen LogP contribution in [0.2, 0.25) is 0 Å². The van der Waals surface area contributed by atoms with Gasteiger partial charge in [-0.2, -0.15) is 0 Å². The fraction of sp³-hybridized carbons (Fsp3) is 0.308. The molecule has 2 aromatic rings. The van der Waals surface area contributed by atoms with Crippen LogP contribution in [0.3, 0.4) is 0 Å². The van der Waals surface area contributed by atoms with Crippen LogP contribution in [0, 0.1) is 5.82 Å². The van der Waals surface area contributed by atoms with Gasteiger partial charge in [-0.25, -0.2) is 4.39 Å². The lowest BCUT2D eigenvalue weighted by Gasteiger charge is -2.08. The smallest absolute Gasteiger partial charge is 0.325 e. The minimum Gasteiger partial charge on any atom is -0.480 e. The molecule has 2 rings (SSSR count). The number of aromatic nitrogens is 1. The van der Waals surface area contributed by atoms with Gasteiger partial charge in [-0.3, -0.25) is 4.79 Å². The molecule has 0 spiro atoms. The molecule has 4 nitrogen and oxygen atoms in total. The molecule has 1 aromatic carbocycles. The average Bonchev–Trinajstić information content (AvgIpc) is 2.66. The lowest BCUT2D eigenvalue weighted by molar-refractivity contribution is -0.138. The van der Waals surface area contributed by atoms with E-state index in [9.17, 15) is 9.18 Å². The summed E-state index contributed by atoms with van der Waals surface area (Å²) < 4.78 is 15.2. The zero-order valence-corrected chi connectivity index (χ0v) is 10.2. The van der Waals surface area contributed by atoms with E-state index in [0.717, 1.165) is 5.52 Å². The first-order chi connectivity index (χ1) is 8.41. The van der Waals surface area contributed by atoms with Crippen molar-refractivity contribution >= 4 is 16.9 Å². The van der Waals surface area contributed by atoms with Gasteiger partial charge in [-0.15, -0.1) is 0 Å². The summed E-state index contributed by atoms with van der Waals surface area (Å²) in [6.07, 6.45) is 1.69. The van der Waals surface area contributed by atoms with Crippen molar-refractivity contribution in [3.63, 3.8) is 0 Å². The molecule has 3 N–H and O–H groups in total. The lowest BCUT2D eigenvalue weighted by atomic mass is 10.1. The van der Waals surface area contributed by atoms with Crippen molar-refractivity contribution < 1.29 is 14.3 Å². The van der Waals surface area contributed by atoms with Crippen LogP contribution in [0.15, 0.2) is 24.4 Å². The monoisotopic (exact) mass is 250 g/mol. The summed E-state index contributed by atoms with van der Waals surface area (Å²) in [5, 5.41) is 9.54. The topological polar surface area (TPSA) is 68.2 Å². The highest BCUT2D eigenvalue weighted by atomic mass is 19.1. The minimum absolute atomic E-state index is 0.146. The summed E-state index contributed by atoms with van der Waals surface area (Å²) in [7, 11) is 0. The second-order valence-electron chi connectivity index (χ2n) is 4.56. The molecule has 0 radical (unpaired) electrons. The van der Waals surface area contributed by atoms with Crippen molar-refractivity contribution in [1.29, 1.82) is 0 Å². The van der Waals surface area contributed by atoms with E-state index in [1.54, 1.807) is 12.3 Å². The van der Waals surface area contributed by atoms with Gasteiger partial charge in [-0.1, -0.05) is 0 Å². The van der Waals surface area contributed by atoms with Crippen molar-refractivity contribution in [1.82, 2.24) is 4.57 Å². The molecule has 18 heavy (non-hydrogen) atoms. The van der Waals surface area contributed by atoms with Crippen LogP contribution < -0.4 is 5.73 Å². The third kappa shape index (κ3) is 1.97. The number of benzene rings is 1. The van der Waals surface area contributed by atoms with E-state index >= 15 is 0 Å². The zero-order chi connectivity index (χ0) is 13.4. The van der Waals surface area contributed by atoms with Gasteiger partial charge < -0.3 is 15.4 Å². The Bertz CT molecular complexity index is 604. The first-order valence-electron chi connectivity index (χ1n) is 5.70. The summed E-state index contributed by atoms with van der Waals surface area (Å²) in [5.41, 5.74) is 6.86. The Kier molecular flexibility index (Phi) is 3.09. The second-order valence-corrected chi connectivity index (χ2v) is 4.56. The molecule has 0 saturated carbocycles. The maximum Gasteiger partial charge on any atom is 0.325 e. The van der Waals surface area contributed by atoms with Crippen LogP contribution in [0.5, 0.6) is 0 Å². The molecule has 96 valence electrons. The number of carbonyl (C=O) groups is 1. The van der Waals surface area contributed by atoms with E-state index in [4.69, 9.17) is 10.8 Å². The molecule has 0 aliphatic carbocycles. The summed E-state index contributed by atoms with van der Waals surface area (Å²) in [6.45, 7) is 3.94. The maximum atomic E-state index is 13.3. The van der Waals surface area contributed by atoms with Gasteiger partial charge in [0.15, 0.2) is 0 Å². The van der Waals surface area contributed by atoms with E-state index in [1.165, 1.54) is 12.1 Å². The summed E-state index contributed by atoms with van der Waals surface area (Å²) in [6, 6.07) is 3.33. The summed E-state index contributed by atoms with van der Waals surface area (Å²) in [5.74, 6) is -1.52. The summed E-state index contributed by atoms with van der Waals surface area (Å²) >= 11 is 0.